The van der Waals surface area contributed by atoms with Crippen LogP contribution in [0.3, 0.4) is 0 Å². The molecular weight excluding hydrogens is 1470 g/mol. The number of hydrogen-bond donors (Lipinski definition) is 4. The second-order valence-corrected chi connectivity index (χ2v) is 31.4. The highest BCUT2D eigenvalue weighted by atomic mass is 32.1. The van der Waals surface area contributed by atoms with Gasteiger partial charge in [0.2, 0.25) is 17.8 Å². The number of aromatic nitrogens is 9. The Morgan fingerprint density at radius 1 is 0.441 bits per heavy atom. The first-order chi connectivity index (χ1) is 53.7. The van der Waals surface area contributed by atoms with Gasteiger partial charge >= 0.3 is 0 Å². The third kappa shape index (κ3) is 16.5. The Morgan fingerprint density at radius 2 is 0.829 bits per heavy atom. The summed E-state index contributed by atoms with van der Waals surface area (Å²) >= 11 is 4.51. The number of nitrogens with one attached hydrogen (secondary N) is 3. The second-order valence-electron chi connectivity index (χ2n) is 27.8. The summed E-state index contributed by atoms with van der Waals surface area (Å²) in [6, 6.07) is 16.5. The summed E-state index contributed by atoms with van der Waals surface area (Å²) in [6.45, 7) is 33.5. The monoisotopic (exact) mass is 1570 g/mol. The van der Waals surface area contributed by atoms with E-state index in [9.17, 15) is 19.5 Å². The van der Waals surface area contributed by atoms with E-state index < -0.39 is 0 Å². The van der Waals surface area contributed by atoms with Crippen molar-refractivity contribution in [2.75, 3.05) is 208 Å². The van der Waals surface area contributed by atoms with Gasteiger partial charge in [-0.1, -0.05) is 6.07 Å². The molecule has 3 saturated heterocycles. The number of piperazine rings is 2. The summed E-state index contributed by atoms with van der Waals surface area (Å²) in [5, 5.41) is 24.4. The molecule has 15 rings (SSSR count). The van der Waals surface area contributed by atoms with Crippen molar-refractivity contribution in [2.24, 2.45) is 0 Å². The van der Waals surface area contributed by atoms with Crippen LogP contribution in [0, 0.1) is 27.7 Å². The number of methoxy groups -OCH3 is 2. The highest BCUT2D eigenvalue weighted by Gasteiger charge is 2.39. The Hall–Kier alpha value is -10.2. The Balaban J connectivity index is 0.000000146. The van der Waals surface area contributed by atoms with Gasteiger partial charge in [-0.15, -0.1) is 34.0 Å². The normalized spacial score (nSPS) is 16.1. The molecule has 30 nitrogen and oxygen atoms in total. The molecule has 0 radical (unpaired) electrons. The van der Waals surface area contributed by atoms with Crippen LogP contribution in [0.5, 0.6) is 17.2 Å². The molecule has 12 heterocycles. The van der Waals surface area contributed by atoms with Crippen LogP contribution in [-0.4, -0.2) is 236 Å². The van der Waals surface area contributed by atoms with E-state index in [0.717, 1.165) is 142 Å². The molecule has 0 bridgehead atoms. The number of likely N-dealkylation sites (N-methyl/N-ethyl adjacent to an activating group) is 2. The van der Waals surface area contributed by atoms with Gasteiger partial charge in [0.25, 0.3) is 17.7 Å². The highest BCUT2D eigenvalue weighted by Crippen LogP contribution is 2.48. The number of aliphatic hydroxyl groups excluding tert-OH is 1. The molecule has 3 amide bonds. The summed E-state index contributed by atoms with van der Waals surface area (Å²) in [7, 11) is 9.83. The third-order valence-electron chi connectivity index (χ3n) is 20.7. The number of aliphatic hydroxyl groups is 1. The summed E-state index contributed by atoms with van der Waals surface area (Å²) in [6.07, 6.45) is 7.43. The van der Waals surface area contributed by atoms with E-state index in [0.29, 0.717) is 126 Å². The lowest BCUT2D eigenvalue weighted by Crippen LogP contribution is -2.44. The molecule has 4 N–H and O–H groups in total. The summed E-state index contributed by atoms with van der Waals surface area (Å²) in [4.78, 5) is 105. The van der Waals surface area contributed by atoms with Gasteiger partial charge in [0.1, 0.15) is 55.9 Å². The molecule has 0 spiro atoms. The second kappa shape index (κ2) is 34.6. The maximum atomic E-state index is 13.3. The van der Waals surface area contributed by atoms with Gasteiger partial charge in [-0.05, 0) is 164 Å². The number of aryl methyl sites for hydroxylation is 4. The molecule has 111 heavy (non-hydrogen) atoms. The largest absolute Gasteiger partial charge is 0.495 e. The number of ether oxygens (including phenoxy) is 3. The Labute approximate surface area is 661 Å². The van der Waals surface area contributed by atoms with Crippen molar-refractivity contribution in [3.63, 3.8) is 0 Å². The van der Waals surface area contributed by atoms with E-state index in [1.54, 1.807) is 47.5 Å². The van der Waals surface area contributed by atoms with Crippen molar-refractivity contribution >= 4 is 148 Å². The number of hydrogen-bond acceptors (Lipinski definition) is 30. The first-order valence-electron chi connectivity index (χ1n) is 38.1. The van der Waals surface area contributed by atoms with Gasteiger partial charge in [-0.25, -0.2) is 29.9 Å². The van der Waals surface area contributed by atoms with Crippen molar-refractivity contribution < 1.29 is 33.7 Å². The fourth-order valence-corrected chi connectivity index (χ4v) is 17.7. The van der Waals surface area contributed by atoms with Crippen LogP contribution in [0.2, 0.25) is 0 Å². The lowest BCUT2D eigenvalue weighted by molar-refractivity contribution is 0.0977. The van der Waals surface area contributed by atoms with Gasteiger partial charge < -0.3 is 89.2 Å². The van der Waals surface area contributed by atoms with Crippen LogP contribution in [-0.2, 0) is 0 Å². The molecule has 0 aliphatic carbocycles. The lowest BCUT2D eigenvalue weighted by atomic mass is 9.89. The molecule has 0 unspecified atom stereocenters. The molecule has 3 fully saturated rings. The van der Waals surface area contributed by atoms with Gasteiger partial charge in [-0.3, -0.25) is 14.4 Å². The minimum atomic E-state index is -0.146. The molecule has 6 aliphatic heterocycles. The summed E-state index contributed by atoms with van der Waals surface area (Å²) in [5.74, 6) is 5.56. The Morgan fingerprint density at radius 3 is 1.24 bits per heavy atom. The van der Waals surface area contributed by atoms with Crippen LogP contribution in [0.25, 0.3) is 0 Å². The van der Waals surface area contributed by atoms with Crippen molar-refractivity contribution in [1.29, 1.82) is 0 Å². The maximum absolute atomic E-state index is 13.3. The molecule has 0 saturated carbocycles. The number of piperidine rings is 1. The predicted molar refractivity (Wildman–Crippen MR) is 445 cm³/mol. The molecule has 33 heteroatoms. The van der Waals surface area contributed by atoms with Gasteiger partial charge in [-0.2, -0.15) is 15.0 Å². The molecule has 6 aliphatic rings. The number of nitrogens with zero attached hydrogens (tertiary/aromatic N) is 20. The Kier molecular flexibility index (Phi) is 24.6. The minimum absolute atomic E-state index is 0.0868. The van der Waals surface area contributed by atoms with E-state index in [1.165, 1.54) is 45.3 Å². The highest BCUT2D eigenvalue weighted by molar-refractivity contribution is 7.17. The van der Waals surface area contributed by atoms with Crippen molar-refractivity contribution in [1.82, 2.24) is 59.6 Å². The molecule has 0 atom stereocenters. The number of carbonyl (C=O) groups excluding carboxylic acids is 3. The number of rotatable bonds is 20. The maximum Gasteiger partial charge on any atom is 0.280 e. The van der Waals surface area contributed by atoms with Gasteiger partial charge in [0, 0.05) is 115 Å². The zero-order valence-corrected chi connectivity index (χ0v) is 68.6. The molecule has 9 aromatic rings. The molecular formula is C78H101N23O7S3. The molecule has 588 valence electrons. The number of amides is 3. The standard InChI is InChI=1S/C26H34N8O3S.C26H34N8O2S.C26H33N7O2S/c1-5-33-20-16-27-26(30-23(20)34(6-2)25-22(24(33)36)28-17(3)38-25)29-19-8-7-18(15-21(19)37-14-13-35)32-11-9-31(4)10-12-32;1-7-33-20-15-27-26(30-23(20)34(8-2)25-22(24(33)35)28-17(4)37-25)29-18-13-16(3)19(14-21(18)36-6)32-11-9-31(5)10-12-32;1-6-32-20-15-27-26(30-23(20)33(7-2)25-22(24(32)34)28-16(3)36-25)29-19-9-8-18(14-21(19)35-5)17-10-12-31(4)13-11-17/h7-8,15-16,35H,5-6,9-14H2,1-4H3,(H,27,29,30);13-15H,7-12H2,1-6H3,(H,27,29,30);8-9,14-15,17H,6-7,10-13H2,1-5H3,(H,27,29,30). The van der Waals surface area contributed by atoms with Crippen LogP contribution < -0.4 is 69.4 Å². The lowest BCUT2D eigenvalue weighted by Gasteiger charge is -2.35. The number of anilines is 17. The van der Waals surface area contributed by atoms with Crippen LogP contribution in [0.4, 0.5) is 95.8 Å². The zero-order valence-electron chi connectivity index (χ0n) is 66.1. The zero-order chi connectivity index (χ0) is 78.5. The molecule has 3 aromatic carbocycles. The van der Waals surface area contributed by atoms with Gasteiger partial charge in [0.15, 0.2) is 34.5 Å². The van der Waals surface area contributed by atoms with E-state index in [2.05, 4.69) is 145 Å². The summed E-state index contributed by atoms with van der Waals surface area (Å²) in [5.41, 5.74) is 10.4. The van der Waals surface area contributed by atoms with E-state index in [1.807, 2.05) is 78.5 Å². The number of likely N-dealkylation sites (tertiary alicyclic amines) is 1. The number of benzene rings is 3. The third-order valence-corrected chi connectivity index (χ3v) is 23.7. The number of carbonyl (C=O) groups is 3. The predicted octanol–water partition coefficient (Wildman–Crippen LogP) is 12.4. The smallest absolute Gasteiger partial charge is 0.280 e. The minimum Gasteiger partial charge on any atom is -0.495 e. The summed E-state index contributed by atoms with van der Waals surface area (Å²) < 4.78 is 17.4. The molecule has 6 aromatic heterocycles. The SMILES string of the molecule is CCN1C(=O)c2nc(C)sc2N(CC)c2nc(Nc3cc(C)c(N4CCN(C)CC4)cc3OC)ncc21.CCN1C(=O)c2nc(C)sc2N(CC)c2nc(Nc3ccc(C4CCN(C)CC4)cc3OC)ncc21.CCN1C(=O)c2nc(C)sc2N(CC)c2nc(Nc3ccc(N4CCN(C)CC4)cc3OCCO)ncc21. The quantitative estimate of drug-likeness (QED) is 0.0551. The first kappa shape index (κ1) is 78.9. The van der Waals surface area contributed by atoms with Crippen molar-refractivity contribution in [2.45, 2.75) is 88.0 Å². The van der Waals surface area contributed by atoms with Crippen molar-refractivity contribution in [3.05, 3.63) is 110 Å². The number of fused-ring (bicyclic) bond motifs is 6. The van der Waals surface area contributed by atoms with Crippen molar-refractivity contribution in [3.8, 4) is 17.2 Å². The average Bonchev–Trinajstić information content (AvgIpc) is 1.66. The fraction of sp³-hybridized carbons (Fsp3) is 0.462. The van der Waals surface area contributed by atoms with E-state index >= 15 is 0 Å². The van der Waals surface area contributed by atoms with E-state index in [4.69, 9.17) is 29.2 Å². The topological polar surface area (TPSA) is 287 Å². The Bertz CT molecular complexity index is 4840. The first-order valence-corrected chi connectivity index (χ1v) is 40.6. The van der Waals surface area contributed by atoms with Crippen LogP contribution in [0.1, 0.15) is 118 Å². The number of thiazole rings is 3. The van der Waals surface area contributed by atoms with Gasteiger partial charge in [0.05, 0.1) is 71.5 Å². The average molecular weight is 1570 g/mol. The van der Waals surface area contributed by atoms with Crippen LogP contribution >= 0.6 is 34.0 Å². The van der Waals surface area contributed by atoms with E-state index in [-0.39, 0.29) is 30.9 Å². The fourth-order valence-electron chi connectivity index (χ4n) is 14.7. The van der Waals surface area contributed by atoms with Crippen LogP contribution in [0.15, 0.2) is 67.1 Å².